The van der Waals surface area contributed by atoms with Gasteiger partial charge >= 0.3 is 5.97 Å². The summed E-state index contributed by atoms with van der Waals surface area (Å²) in [7, 11) is 0. The summed E-state index contributed by atoms with van der Waals surface area (Å²) >= 11 is 0. The quantitative estimate of drug-likeness (QED) is 0.695. The van der Waals surface area contributed by atoms with Crippen molar-refractivity contribution in [2.45, 2.75) is 46.1 Å². The topological polar surface area (TPSA) is 52.6 Å². The molecule has 4 nitrogen and oxygen atoms in total. The van der Waals surface area contributed by atoms with Crippen LogP contribution in [0.4, 0.5) is 0 Å². The van der Waals surface area contributed by atoms with Crippen LogP contribution in [0.5, 0.6) is 0 Å². The summed E-state index contributed by atoms with van der Waals surface area (Å²) in [6.07, 6.45) is 1.55. The third-order valence-electron chi connectivity index (χ3n) is 4.36. The summed E-state index contributed by atoms with van der Waals surface area (Å²) in [6, 6.07) is 0. The zero-order valence-corrected chi connectivity index (χ0v) is 12.2. The van der Waals surface area contributed by atoms with Crippen molar-refractivity contribution >= 4 is 5.97 Å². The summed E-state index contributed by atoms with van der Waals surface area (Å²) in [5.74, 6) is 0.461. The molecule has 4 heteroatoms. The van der Waals surface area contributed by atoms with Crippen LogP contribution in [0.3, 0.4) is 0 Å². The molecule has 0 atom stereocenters. The molecule has 0 heterocycles. The Labute approximate surface area is 111 Å². The first kappa shape index (κ1) is 15.4. The van der Waals surface area contributed by atoms with Crippen molar-refractivity contribution in [2.24, 2.45) is 11.8 Å². The highest BCUT2D eigenvalue weighted by molar-refractivity contribution is 5.80. The maximum Gasteiger partial charge on any atom is 0.323 e. The van der Waals surface area contributed by atoms with Crippen LogP contribution >= 0.6 is 0 Å². The van der Waals surface area contributed by atoms with E-state index in [1.165, 1.54) is 0 Å². The standard InChI is InChI=1S/C14H28N2O2/c1-5-16(6-2)8-7-15-14(13(17)18)9-12(10-14)11(3)4/h11-12,15H,5-10H2,1-4H3,(H,17,18). The van der Waals surface area contributed by atoms with Gasteiger partial charge in [0.25, 0.3) is 0 Å². The van der Waals surface area contributed by atoms with Gasteiger partial charge in [-0.3, -0.25) is 4.79 Å². The van der Waals surface area contributed by atoms with Crippen LogP contribution in [-0.2, 0) is 4.79 Å². The average Bonchev–Trinajstić information content (AvgIpc) is 2.26. The second kappa shape index (κ2) is 6.53. The molecule has 0 radical (unpaired) electrons. The molecule has 106 valence electrons. The van der Waals surface area contributed by atoms with Gasteiger partial charge in [0.1, 0.15) is 5.54 Å². The molecule has 0 aromatic rings. The minimum atomic E-state index is -0.682. The van der Waals surface area contributed by atoms with Crippen molar-refractivity contribution in [3.05, 3.63) is 0 Å². The molecule has 0 amide bonds. The van der Waals surface area contributed by atoms with Crippen molar-refractivity contribution in [3.63, 3.8) is 0 Å². The predicted octanol–water partition coefficient (Wildman–Crippen LogP) is 1.81. The second-order valence-electron chi connectivity index (χ2n) is 5.75. The van der Waals surface area contributed by atoms with Crippen molar-refractivity contribution in [2.75, 3.05) is 26.2 Å². The first-order chi connectivity index (χ1) is 8.45. The van der Waals surface area contributed by atoms with Gasteiger partial charge in [0.2, 0.25) is 0 Å². The molecule has 0 unspecified atom stereocenters. The van der Waals surface area contributed by atoms with Crippen LogP contribution < -0.4 is 5.32 Å². The highest BCUT2D eigenvalue weighted by atomic mass is 16.4. The van der Waals surface area contributed by atoms with E-state index in [1.807, 2.05) is 0 Å². The Morgan fingerprint density at radius 3 is 2.33 bits per heavy atom. The third kappa shape index (κ3) is 3.45. The van der Waals surface area contributed by atoms with E-state index < -0.39 is 11.5 Å². The van der Waals surface area contributed by atoms with Gasteiger partial charge < -0.3 is 15.3 Å². The van der Waals surface area contributed by atoms with Gasteiger partial charge in [0, 0.05) is 13.1 Å². The second-order valence-corrected chi connectivity index (χ2v) is 5.75. The lowest BCUT2D eigenvalue weighted by molar-refractivity contribution is -0.152. The molecule has 1 fully saturated rings. The lowest BCUT2D eigenvalue weighted by Crippen LogP contribution is -2.62. The van der Waals surface area contributed by atoms with Crippen LogP contribution in [0.2, 0.25) is 0 Å². The van der Waals surface area contributed by atoms with Crippen molar-refractivity contribution < 1.29 is 9.90 Å². The van der Waals surface area contributed by atoms with Gasteiger partial charge in [-0.1, -0.05) is 27.7 Å². The third-order valence-corrected chi connectivity index (χ3v) is 4.36. The van der Waals surface area contributed by atoms with E-state index in [0.29, 0.717) is 11.8 Å². The molecule has 0 aromatic heterocycles. The normalized spacial score (nSPS) is 27.6. The predicted molar refractivity (Wildman–Crippen MR) is 73.7 cm³/mol. The van der Waals surface area contributed by atoms with Crippen molar-refractivity contribution in [3.8, 4) is 0 Å². The Balaban J connectivity index is 2.40. The molecular formula is C14H28N2O2. The van der Waals surface area contributed by atoms with E-state index >= 15 is 0 Å². The minimum Gasteiger partial charge on any atom is -0.480 e. The lowest BCUT2D eigenvalue weighted by atomic mass is 9.64. The van der Waals surface area contributed by atoms with Gasteiger partial charge in [-0.15, -0.1) is 0 Å². The Morgan fingerprint density at radius 2 is 1.94 bits per heavy atom. The molecule has 0 bridgehead atoms. The SMILES string of the molecule is CCN(CC)CCNC1(C(=O)O)CC(C(C)C)C1. The lowest BCUT2D eigenvalue weighted by Gasteiger charge is -2.47. The maximum atomic E-state index is 11.4. The number of carbonyl (C=O) groups is 1. The molecule has 0 aliphatic heterocycles. The molecule has 0 spiro atoms. The summed E-state index contributed by atoms with van der Waals surface area (Å²) in [5.41, 5.74) is -0.651. The number of likely N-dealkylation sites (N-methyl/N-ethyl adjacent to an activating group) is 1. The van der Waals surface area contributed by atoms with Crippen molar-refractivity contribution in [1.29, 1.82) is 0 Å². The Hall–Kier alpha value is -0.610. The smallest absolute Gasteiger partial charge is 0.323 e. The fraction of sp³-hybridized carbons (Fsp3) is 0.929. The molecule has 2 N–H and O–H groups in total. The first-order valence-corrected chi connectivity index (χ1v) is 7.16. The molecule has 1 rings (SSSR count). The van der Waals surface area contributed by atoms with Gasteiger partial charge in [-0.05, 0) is 37.8 Å². The number of hydrogen-bond donors (Lipinski definition) is 2. The van der Waals surface area contributed by atoms with Gasteiger partial charge in [0.05, 0.1) is 0 Å². The van der Waals surface area contributed by atoms with Gasteiger partial charge in [-0.25, -0.2) is 0 Å². The number of nitrogens with zero attached hydrogens (tertiary/aromatic N) is 1. The summed E-state index contributed by atoms with van der Waals surface area (Å²) in [4.78, 5) is 13.7. The fourth-order valence-electron chi connectivity index (χ4n) is 2.69. The molecule has 1 aliphatic rings. The van der Waals surface area contributed by atoms with Crippen LogP contribution in [0.15, 0.2) is 0 Å². The summed E-state index contributed by atoms with van der Waals surface area (Å²) < 4.78 is 0. The number of rotatable bonds is 8. The first-order valence-electron chi connectivity index (χ1n) is 7.16. The number of carboxylic acids is 1. The van der Waals surface area contributed by atoms with Gasteiger partial charge in [0.15, 0.2) is 0 Å². The molecule has 0 saturated heterocycles. The van der Waals surface area contributed by atoms with Gasteiger partial charge in [-0.2, -0.15) is 0 Å². The van der Waals surface area contributed by atoms with E-state index in [-0.39, 0.29) is 0 Å². The monoisotopic (exact) mass is 256 g/mol. The van der Waals surface area contributed by atoms with E-state index in [9.17, 15) is 9.90 Å². The molecule has 1 saturated carbocycles. The number of aliphatic carboxylic acids is 1. The van der Waals surface area contributed by atoms with Crippen LogP contribution in [0, 0.1) is 11.8 Å². The maximum absolute atomic E-state index is 11.4. The van der Waals surface area contributed by atoms with Crippen LogP contribution in [0.1, 0.15) is 40.5 Å². The van der Waals surface area contributed by atoms with E-state index in [4.69, 9.17) is 0 Å². The fourth-order valence-corrected chi connectivity index (χ4v) is 2.69. The minimum absolute atomic E-state index is 0.557. The van der Waals surface area contributed by atoms with Crippen LogP contribution in [-0.4, -0.2) is 47.7 Å². The number of nitrogens with one attached hydrogen (secondary N) is 1. The number of carboxylic acid groups (broad SMARTS) is 1. The van der Waals surface area contributed by atoms with E-state index in [2.05, 4.69) is 37.9 Å². The number of hydrogen-bond acceptors (Lipinski definition) is 3. The molecule has 18 heavy (non-hydrogen) atoms. The highest BCUT2D eigenvalue weighted by Gasteiger charge is 2.50. The molecule has 0 aromatic carbocycles. The van der Waals surface area contributed by atoms with E-state index in [0.717, 1.165) is 39.0 Å². The Bertz CT molecular complexity index is 269. The summed E-state index contributed by atoms with van der Waals surface area (Å²) in [5, 5.41) is 12.7. The summed E-state index contributed by atoms with van der Waals surface area (Å²) in [6.45, 7) is 12.3. The van der Waals surface area contributed by atoms with E-state index in [1.54, 1.807) is 0 Å². The van der Waals surface area contributed by atoms with Crippen LogP contribution in [0.25, 0.3) is 0 Å². The molecular weight excluding hydrogens is 228 g/mol. The van der Waals surface area contributed by atoms with Crippen molar-refractivity contribution in [1.82, 2.24) is 10.2 Å². The average molecular weight is 256 g/mol. The zero-order chi connectivity index (χ0) is 13.8. The Morgan fingerprint density at radius 1 is 1.39 bits per heavy atom. The largest absolute Gasteiger partial charge is 0.480 e. The zero-order valence-electron chi connectivity index (χ0n) is 12.2. The Kier molecular flexibility index (Phi) is 5.60. The highest BCUT2D eigenvalue weighted by Crippen LogP contribution is 2.42. The molecule has 1 aliphatic carbocycles.